The molecule has 1 aliphatic carbocycles. The summed E-state index contributed by atoms with van der Waals surface area (Å²) in [5.74, 6) is 0.0247. The predicted octanol–water partition coefficient (Wildman–Crippen LogP) is 4.79. The summed E-state index contributed by atoms with van der Waals surface area (Å²) in [6, 6.07) is 9.70. The van der Waals surface area contributed by atoms with Gasteiger partial charge in [0.05, 0.1) is 0 Å². The van der Waals surface area contributed by atoms with Crippen LogP contribution in [0.2, 0.25) is 5.02 Å². The number of halogens is 1. The Balaban J connectivity index is 1.41. The summed E-state index contributed by atoms with van der Waals surface area (Å²) >= 11 is 6.03. The van der Waals surface area contributed by atoms with Crippen molar-refractivity contribution in [1.82, 2.24) is 10.2 Å². The molecular weight excluding hydrogens is 332 g/mol. The maximum Gasteiger partial charge on any atom is 0.251 e. The highest BCUT2D eigenvalue weighted by atomic mass is 35.5. The fourth-order valence-electron chi connectivity index (χ4n) is 5.41. The molecule has 1 N–H and O–H groups in total. The normalized spacial score (nSPS) is 30.8. The average Bonchev–Trinajstić information content (AvgIpc) is 2.61. The first-order chi connectivity index (χ1) is 12.2. The van der Waals surface area contributed by atoms with Crippen LogP contribution in [0.1, 0.15) is 74.6 Å². The van der Waals surface area contributed by atoms with Crippen LogP contribution in [0.15, 0.2) is 24.3 Å². The van der Waals surface area contributed by atoms with E-state index in [1.807, 2.05) is 18.2 Å². The van der Waals surface area contributed by atoms with E-state index in [4.69, 9.17) is 11.6 Å². The Labute approximate surface area is 156 Å². The lowest BCUT2D eigenvalue weighted by Gasteiger charge is -2.53. The Morgan fingerprint density at radius 1 is 0.960 bits per heavy atom. The lowest BCUT2D eigenvalue weighted by Crippen LogP contribution is -2.60. The molecule has 2 atom stereocenters. The van der Waals surface area contributed by atoms with Gasteiger partial charge in [0.1, 0.15) is 0 Å². The Hall–Kier alpha value is -1.06. The number of hydrogen-bond donors (Lipinski definition) is 1. The van der Waals surface area contributed by atoms with E-state index in [1.54, 1.807) is 6.07 Å². The van der Waals surface area contributed by atoms with Crippen LogP contribution in [0.5, 0.6) is 0 Å². The van der Waals surface area contributed by atoms with Crippen LogP contribution in [0.3, 0.4) is 0 Å². The van der Waals surface area contributed by atoms with Gasteiger partial charge in [0, 0.05) is 34.8 Å². The molecule has 25 heavy (non-hydrogen) atoms. The molecule has 3 aliphatic rings. The van der Waals surface area contributed by atoms with Gasteiger partial charge in [-0.15, -0.1) is 0 Å². The lowest BCUT2D eigenvalue weighted by atomic mass is 9.78. The minimum atomic E-state index is 0.0247. The number of piperidine rings is 2. The molecule has 136 valence electrons. The van der Waals surface area contributed by atoms with Crippen molar-refractivity contribution < 1.29 is 4.79 Å². The molecule has 3 nitrogen and oxygen atoms in total. The molecule has 2 saturated heterocycles. The van der Waals surface area contributed by atoms with E-state index in [2.05, 4.69) is 10.2 Å². The predicted molar refractivity (Wildman–Crippen MR) is 102 cm³/mol. The van der Waals surface area contributed by atoms with E-state index < -0.39 is 0 Å². The molecule has 0 aromatic heterocycles. The van der Waals surface area contributed by atoms with E-state index in [-0.39, 0.29) is 5.91 Å². The van der Waals surface area contributed by atoms with Crippen molar-refractivity contribution in [2.24, 2.45) is 0 Å². The first kappa shape index (κ1) is 17.4. The maximum absolute atomic E-state index is 12.6. The van der Waals surface area contributed by atoms with Gasteiger partial charge in [-0.05, 0) is 56.7 Å². The summed E-state index contributed by atoms with van der Waals surface area (Å²) in [4.78, 5) is 15.5. The minimum absolute atomic E-state index is 0.0247. The van der Waals surface area contributed by atoms with Crippen molar-refractivity contribution >= 4 is 17.5 Å². The van der Waals surface area contributed by atoms with Crippen molar-refractivity contribution in [1.29, 1.82) is 0 Å². The molecule has 1 saturated carbocycles. The quantitative estimate of drug-likeness (QED) is 0.840. The number of rotatable bonds is 3. The molecule has 0 radical (unpaired) electrons. The second-order valence-corrected chi connectivity index (χ2v) is 8.57. The molecular formula is C21H29ClN2O. The number of benzene rings is 1. The van der Waals surface area contributed by atoms with Crippen LogP contribution in [-0.2, 0) is 0 Å². The number of carbonyl (C=O) groups excluding carboxylic acids is 1. The highest BCUT2D eigenvalue weighted by Crippen LogP contribution is 2.39. The van der Waals surface area contributed by atoms with Crippen LogP contribution >= 0.6 is 11.6 Å². The standard InChI is InChI=1S/C21H29ClN2O/c22-16-7-4-6-15(12-16)21(25)23-17-13-19-10-5-11-20(14-17)24(19)18-8-2-1-3-9-18/h4,6-7,12,17-20H,1-3,5,8-11,13-14H2,(H,23,25)/t19-,20-/m1/s1. The average molecular weight is 361 g/mol. The first-order valence-electron chi connectivity index (χ1n) is 10.0. The molecule has 2 aliphatic heterocycles. The SMILES string of the molecule is O=C(NC1C[C@H]2CCC[C@H](C1)N2C1CCCCC1)c1cccc(Cl)c1. The van der Waals surface area contributed by atoms with Gasteiger partial charge in [0.25, 0.3) is 5.91 Å². The third kappa shape index (κ3) is 3.88. The Bertz CT molecular complexity index is 600. The second kappa shape index (κ2) is 7.67. The molecule has 0 spiro atoms. The number of nitrogens with one attached hydrogen (secondary N) is 1. The molecule has 4 rings (SSSR count). The Morgan fingerprint density at radius 3 is 2.32 bits per heavy atom. The molecule has 0 unspecified atom stereocenters. The van der Waals surface area contributed by atoms with Gasteiger partial charge in [0.2, 0.25) is 0 Å². The molecule has 1 amide bonds. The zero-order valence-corrected chi connectivity index (χ0v) is 15.7. The molecule has 1 aromatic rings. The highest BCUT2D eigenvalue weighted by molar-refractivity contribution is 6.30. The summed E-state index contributed by atoms with van der Waals surface area (Å²) in [6.45, 7) is 0. The lowest BCUT2D eigenvalue weighted by molar-refractivity contribution is -0.0211. The summed E-state index contributed by atoms with van der Waals surface area (Å²) in [5, 5.41) is 3.91. The molecule has 1 aromatic carbocycles. The minimum Gasteiger partial charge on any atom is -0.349 e. The fraction of sp³-hybridized carbons (Fsp3) is 0.667. The molecule has 2 bridgehead atoms. The van der Waals surface area contributed by atoms with Crippen molar-refractivity contribution in [3.8, 4) is 0 Å². The number of fused-ring (bicyclic) bond motifs is 2. The first-order valence-corrected chi connectivity index (χ1v) is 10.4. The highest BCUT2D eigenvalue weighted by Gasteiger charge is 2.42. The van der Waals surface area contributed by atoms with E-state index in [0.29, 0.717) is 28.7 Å². The van der Waals surface area contributed by atoms with E-state index in [1.165, 1.54) is 51.4 Å². The third-order valence-electron chi connectivity index (χ3n) is 6.45. The second-order valence-electron chi connectivity index (χ2n) is 8.13. The largest absolute Gasteiger partial charge is 0.349 e. The Morgan fingerprint density at radius 2 is 1.64 bits per heavy atom. The molecule has 3 fully saturated rings. The van der Waals surface area contributed by atoms with Crippen LogP contribution in [0.25, 0.3) is 0 Å². The molecule has 4 heteroatoms. The van der Waals surface area contributed by atoms with E-state index >= 15 is 0 Å². The smallest absolute Gasteiger partial charge is 0.251 e. The van der Waals surface area contributed by atoms with Crippen molar-refractivity contribution in [2.75, 3.05) is 0 Å². The maximum atomic E-state index is 12.6. The summed E-state index contributed by atoms with van der Waals surface area (Å²) < 4.78 is 0. The number of amides is 1. The number of nitrogens with zero attached hydrogens (tertiary/aromatic N) is 1. The summed E-state index contributed by atoms with van der Waals surface area (Å²) in [6.07, 6.45) is 13.2. The summed E-state index contributed by atoms with van der Waals surface area (Å²) in [5.41, 5.74) is 0.673. The van der Waals surface area contributed by atoms with Gasteiger partial charge in [-0.3, -0.25) is 9.69 Å². The van der Waals surface area contributed by atoms with Crippen molar-refractivity contribution in [3.05, 3.63) is 34.9 Å². The van der Waals surface area contributed by atoms with E-state index in [9.17, 15) is 4.79 Å². The monoisotopic (exact) mass is 360 g/mol. The van der Waals surface area contributed by atoms with Gasteiger partial charge in [-0.25, -0.2) is 0 Å². The zero-order valence-electron chi connectivity index (χ0n) is 14.9. The van der Waals surface area contributed by atoms with Gasteiger partial charge < -0.3 is 5.32 Å². The van der Waals surface area contributed by atoms with Gasteiger partial charge >= 0.3 is 0 Å². The van der Waals surface area contributed by atoms with E-state index in [0.717, 1.165) is 18.9 Å². The molecule has 2 heterocycles. The number of hydrogen-bond acceptors (Lipinski definition) is 2. The van der Waals surface area contributed by atoms with Gasteiger partial charge in [0.15, 0.2) is 0 Å². The van der Waals surface area contributed by atoms with Crippen molar-refractivity contribution in [2.45, 2.75) is 88.4 Å². The third-order valence-corrected chi connectivity index (χ3v) is 6.68. The van der Waals surface area contributed by atoms with Crippen LogP contribution in [-0.4, -0.2) is 35.0 Å². The Kier molecular flexibility index (Phi) is 5.33. The summed E-state index contributed by atoms with van der Waals surface area (Å²) in [7, 11) is 0. The fourth-order valence-corrected chi connectivity index (χ4v) is 5.60. The number of carbonyl (C=O) groups is 1. The van der Waals surface area contributed by atoms with Crippen LogP contribution in [0.4, 0.5) is 0 Å². The zero-order chi connectivity index (χ0) is 17.2. The van der Waals surface area contributed by atoms with Crippen LogP contribution in [0, 0.1) is 0 Å². The van der Waals surface area contributed by atoms with Gasteiger partial charge in [-0.1, -0.05) is 43.4 Å². The topological polar surface area (TPSA) is 32.3 Å². The van der Waals surface area contributed by atoms with Gasteiger partial charge in [-0.2, -0.15) is 0 Å². The van der Waals surface area contributed by atoms with Crippen LogP contribution < -0.4 is 5.32 Å². The van der Waals surface area contributed by atoms with Crippen molar-refractivity contribution in [3.63, 3.8) is 0 Å².